The van der Waals surface area contributed by atoms with Crippen LogP contribution in [0.4, 0.5) is 13.2 Å². The summed E-state index contributed by atoms with van der Waals surface area (Å²) in [5.74, 6) is -3.68. The number of hydrogen-bond acceptors (Lipinski definition) is 4. The molecule has 1 aromatic carbocycles. The van der Waals surface area contributed by atoms with E-state index in [2.05, 4.69) is 9.83 Å². The van der Waals surface area contributed by atoms with E-state index < -0.39 is 12.1 Å². The normalized spacial score (nSPS) is 24.4. The van der Waals surface area contributed by atoms with Gasteiger partial charge in [0, 0.05) is 5.56 Å². The lowest BCUT2D eigenvalue weighted by molar-refractivity contribution is -0.363. The van der Waals surface area contributed by atoms with Gasteiger partial charge in [-0.2, -0.15) is 18.2 Å². The second-order valence-electron chi connectivity index (χ2n) is 3.64. The average Bonchev–Trinajstić information content (AvgIpc) is 2.63. The molecule has 0 saturated carbocycles. The number of aliphatic imine (C=N–C) groups is 1. The van der Waals surface area contributed by atoms with E-state index >= 15 is 0 Å². The van der Waals surface area contributed by atoms with Gasteiger partial charge in [-0.15, -0.1) is 0 Å². The largest absolute Gasteiger partial charge is 0.469 e. The van der Waals surface area contributed by atoms with Crippen molar-refractivity contribution in [2.24, 2.45) is 4.99 Å². The van der Waals surface area contributed by atoms with Crippen LogP contribution < -0.4 is 5.48 Å². The third-order valence-corrected chi connectivity index (χ3v) is 2.25. The number of halogens is 3. The molecule has 2 N–H and O–H groups in total. The number of nitrogens with one attached hydrogen (secondary N) is 1. The molecule has 0 spiro atoms. The molecule has 1 aliphatic heterocycles. The predicted octanol–water partition coefficient (Wildman–Crippen LogP) is 1.48. The van der Waals surface area contributed by atoms with Crippen molar-refractivity contribution < 1.29 is 23.1 Å². The van der Waals surface area contributed by atoms with Crippen LogP contribution in [0, 0.1) is 6.92 Å². The van der Waals surface area contributed by atoms with Crippen LogP contribution in [0.1, 0.15) is 11.1 Å². The molecule has 0 amide bonds. The number of nitrogens with zero attached hydrogens (tertiary/aromatic N) is 1. The third kappa shape index (κ3) is 2.11. The van der Waals surface area contributed by atoms with Crippen molar-refractivity contribution in [3.63, 3.8) is 0 Å². The van der Waals surface area contributed by atoms with E-state index in [0.717, 1.165) is 5.56 Å². The van der Waals surface area contributed by atoms with Crippen molar-refractivity contribution >= 4 is 5.84 Å². The molecule has 4 nitrogen and oxygen atoms in total. The molecule has 0 radical (unpaired) electrons. The van der Waals surface area contributed by atoms with Gasteiger partial charge in [0.1, 0.15) is 0 Å². The summed E-state index contributed by atoms with van der Waals surface area (Å²) < 4.78 is 37.1. The summed E-state index contributed by atoms with van der Waals surface area (Å²) in [7, 11) is 0. The average molecular weight is 246 g/mol. The fourth-order valence-corrected chi connectivity index (χ4v) is 1.27. The molecule has 7 heteroatoms. The van der Waals surface area contributed by atoms with Gasteiger partial charge in [-0.05, 0) is 6.92 Å². The fraction of sp³-hybridized carbons (Fsp3) is 0.300. The van der Waals surface area contributed by atoms with Gasteiger partial charge < -0.3 is 5.11 Å². The molecule has 1 atom stereocenters. The highest BCUT2D eigenvalue weighted by Gasteiger charge is 2.59. The number of rotatable bonds is 1. The van der Waals surface area contributed by atoms with Gasteiger partial charge in [0.05, 0.1) is 0 Å². The Hall–Kier alpha value is -1.60. The molecular weight excluding hydrogens is 237 g/mol. The van der Waals surface area contributed by atoms with Crippen LogP contribution in [0.2, 0.25) is 0 Å². The first kappa shape index (κ1) is 11.9. The van der Waals surface area contributed by atoms with Crippen molar-refractivity contribution in [3.8, 4) is 0 Å². The second kappa shape index (κ2) is 3.71. The summed E-state index contributed by atoms with van der Waals surface area (Å²) >= 11 is 0. The van der Waals surface area contributed by atoms with Crippen LogP contribution in [0.15, 0.2) is 29.3 Å². The van der Waals surface area contributed by atoms with Crippen LogP contribution >= 0.6 is 0 Å². The van der Waals surface area contributed by atoms with Gasteiger partial charge in [-0.1, -0.05) is 29.8 Å². The van der Waals surface area contributed by atoms with Gasteiger partial charge >= 0.3 is 12.1 Å². The van der Waals surface area contributed by atoms with Crippen molar-refractivity contribution in [3.05, 3.63) is 35.4 Å². The number of benzene rings is 1. The van der Waals surface area contributed by atoms with Gasteiger partial charge in [-0.25, -0.2) is 10.3 Å². The summed E-state index contributed by atoms with van der Waals surface area (Å²) in [6.07, 6.45) is -4.99. The Labute approximate surface area is 94.7 Å². The van der Waals surface area contributed by atoms with E-state index in [1.165, 1.54) is 0 Å². The highest BCUT2D eigenvalue weighted by Crippen LogP contribution is 2.34. The maximum atomic E-state index is 12.4. The molecule has 1 heterocycles. The van der Waals surface area contributed by atoms with Crippen LogP contribution in [0.3, 0.4) is 0 Å². The zero-order chi connectivity index (χ0) is 12.7. The number of hydroxylamine groups is 1. The molecule has 1 aromatic rings. The molecule has 0 aromatic heterocycles. The van der Waals surface area contributed by atoms with E-state index in [0.29, 0.717) is 5.56 Å². The van der Waals surface area contributed by atoms with E-state index in [1.54, 1.807) is 24.3 Å². The fourth-order valence-electron chi connectivity index (χ4n) is 1.27. The zero-order valence-corrected chi connectivity index (χ0v) is 8.75. The summed E-state index contributed by atoms with van der Waals surface area (Å²) in [6.45, 7) is 1.84. The Bertz CT molecular complexity index is 456. The lowest BCUT2D eigenvalue weighted by Gasteiger charge is -2.19. The highest BCUT2D eigenvalue weighted by atomic mass is 19.4. The van der Waals surface area contributed by atoms with Gasteiger partial charge in [0.2, 0.25) is 0 Å². The Morgan fingerprint density at radius 3 is 2.35 bits per heavy atom. The first-order valence-electron chi connectivity index (χ1n) is 4.72. The minimum absolute atomic E-state index is 0.162. The molecule has 0 saturated heterocycles. The predicted molar refractivity (Wildman–Crippen MR) is 52.9 cm³/mol. The van der Waals surface area contributed by atoms with Gasteiger partial charge in [-0.3, -0.25) is 0 Å². The zero-order valence-electron chi connectivity index (χ0n) is 8.75. The van der Waals surface area contributed by atoms with Crippen molar-refractivity contribution in [1.82, 2.24) is 5.48 Å². The Kier molecular flexibility index (Phi) is 2.59. The molecule has 0 bridgehead atoms. The van der Waals surface area contributed by atoms with E-state index in [-0.39, 0.29) is 5.84 Å². The topological polar surface area (TPSA) is 53.9 Å². The molecule has 2 rings (SSSR count). The maximum absolute atomic E-state index is 12.4. The minimum atomic E-state index is -4.99. The number of aliphatic hydroxyl groups is 1. The Morgan fingerprint density at radius 1 is 1.29 bits per heavy atom. The van der Waals surface area contributed by atoms with Crippen LogP contribution in [-0.2, 0) is 4.84 Å². The summed E-state index contributed by atoms with van der Waals surface area (Å²) in [5.41, 5.74) is 3.33. The minimum Gasteiger partial charge on any atom is -0.339 e. The smallest absolute Gasteiger partial charge is 0.339 e. The van der Waals surface area contributed by atoms with E-state index in [9.17, 15) is 13.2 Å². The lowest BCUT2D eigenvalue weighted by atomic mass is 10.1. The monoisotopic (exact) mass is 246 g/mol. The van der Waals surface area contributed by atoms with Crippen molar-refractivity contribution in [2.75, 3.05) is 0 Å². The van der Waals surface area contributed by atoms with Gasteiger partial charge in [0.15, 0.2) is 5.84 Å². The summed E-state index contributed by atoms with van der Waals surface area (Å²) in [5, 5.41) is 9.12. The van der Waals surface area contributed by atoms with Crippen LogP contribution in [0.5, 0.6) is 0 Å². The lowest BCUT2D eigenvalue weighted by Crippen LogP contribution is -2.44. The number of aryl methyl sites for hydroxylation is 1. The van der Waals surface area contributed by atoms with Crippen molar-refractivity contribution in [2.45, 2.75) is 19.0 Å². The standard InChI is InChI=1S/C10H9F3N2O2/c1-6-2-4-7(5-3-6)8-14-10(16,17-15-8)9(11,12)13/h2-5,16H,1H3,(H,14,15)/t10-/m1/s1. The molecule has 0 aliphatic carbocycles. The van der Waals surface area contributed by atoms with E-state index in [4.69, 9.17) is 5.11 Å². The Balaban J connectivity index is 2.31. The molecule has 17 heavy (non-hydrogen) atoms. The first-order valence-corrected chi connectivity index (χ1v) is 4.72. The molecule has 0 fully saturated rings. The Morgan fingerprint density at radius 2 is 1.88 bits per heavy atom. The molecule has 0 unspecified atom stereocenters. The first-order chi connectivity index (χ1) is 7.82. The third-order valence-electron chi connectivity index (χ3n) is 2.25. The molecule has 92 valence electrons. The molecular formula is C10H9F3N2O2. The highest BCUT2D eigenvalue weighted by molar-refractivity contribution is 5.99. The number of alkyl halides is 3. The SMILES string of the molecule is Cc1ccc(C2=N[C@@](O)(C(F)(F)F)ON2)cc1. The number of amidine groups is 1. The quantitative estimate of drug-likeness (QED) is 0.789. The maximum Gasteiger partial charge on any atom is 0.469 e. The second-order valence-corrected chi connectivity index (χ2v) is 3.64. The summed E-state index contributed by atoms with van der Waals surface area (Å²) in [4.78, 5) is 7.18. The van der Waals surface area contributed by atoms with Crippen LogP contribution in [-0.4, -0.2) is 23.0 Å². The van der Waals surface area contributed by atoms with Crippen molar-refractivity contribution in [1.29, 1.82) is 0 Å². The summed E-state index contributed by atoms with van der Waals surface area (Å²) in [6, 6.07) is 6.58. The van der Waals surface area contributed by atoms with E-state index in [1.807, 2.05) is 12.4 Å². The molecule has 1 aliphatic rings. The van der Waals surface area contributed by atoms with Gasteiger partial charge in [0.25, 0.3) is 0 Å². The number of hydrogen-bond donors (Lipinski definition) is 2. The van der Waals surface area contributed by atoms with Crippen LogP contribution in [0.25, 0.3) is 0 Å².